The van der Waals surface area contributed by atoms with Gasteiger partial charge in [0.1, 0.15) is 5.75 Å². The summed E-state index contributed by atoms with van der Waals surface area (Å²) < 4.78 is 70.6. The molecular formula is C28H18F3N5O7S. The van der Waals surface area contributed by atoms with Gasteiger partial charge in [-0.05, 0) is 54.4 Å². The van der Waals surface area contributed by atoms with Gasteiger partial charge in [-0.2, -0.15) is 23.7 Å². The number of nitrogens with zero attached hydrogens (tertiary/aromatic N) is 5. The van der Waals surface area contributed by atoms with E-state index in [-0.39, 0.29) is 38.7 Å². The lowest BCUT2D eigenvalue weighted by molar-refractivity contribution is -0.384. The van der Waals surface area contributed by atoms with Gasteiger partial charge in [0.25, 0.3) is 5.69 Å². The van der Waals surface area contributed by atoms with Gasteiger partial charge in [0.05, 0.1) is 50.4 Å². The van der Waals surface area contributed by atoms with Gasteiger partial charge in [-0.25, -0.2) is 22.9 Å². The van der Waals surface area contributed by atoms with Crippen molar-refractivity contribution in [3.8, 4) is 17.9 Å². The Balaban J connectivity index is 1.84. The van der Waals surface area contributed by atoms with Gasteiger partial charge in [0.15, 0.2) is 9.84 Å². The minimum Gasteiger partial charge on any atom is -0.410 e. The van der Waals surface area contributed by atoms with E-state index in [9.17, 15) is 51.8 Å². The van der Waals surface area contributed by atoms with Gasteiger partial charge in [-0.1, -0.05) is 12.1 Å². The SMILES string of the molecule is CS(=O)(=O)c1cc(C#N)ccc1C[C@H]1C(C#N)=CN(c2cccc(C(F)(F)F)c2)C(=O)N1C(=O)Oc1ccc([N+](=O)[O-])cc1. The molecule has 0 saturated carbocycles. The van der Waals surface area contributed by atoms with Crippen LogP contribution in [0.2, 0.25) is 0 Å². The van der Waals surface area contributed by atoms with Crippen LogP contribution in [0.25, 0.3) is 0 Å². The molecule has 3 aromatic carbocycles. The number of nitro benzene ring substituents is 1. The second-order valence-corrected chi connectivity index (χ2v) is 11.3. The smallest absolute Gasteiger partial charge is 0.410 e. The lowest BCUT2D eigenvalue weighted by Gasteiger charge is -2.37. The fraction of sp³-hybridized carbons (Fsp3) is 0.143. The largest absolute Gasteiger partial charge is 0.424 e. The van der Waals surface area contributed by atoms with Crippen LogP contribution in [-0.2, 0) is 22.4 Å². The predicted molar refractivity (Wildman–Crippen MR) is 146 cm³/mol. The third-order valence-corrected chi connectivity index (χ3v) is 7.57. The number of sulfone groups is 1. The molecule has 0 bridgehead atoms. The number of carbonyl (C=O) groups excluding carboxylic acids is 2. The van der Waals surface area contributed by atoms with Gasteiger partial charge in [0.2, 0.25) is 0 Å². The van der Waals surface area contributed by atoms with Crippen LogP contribution in [0, 0.1) is 32.8 Å². The molecule has 0 aliphatic carbocycles. The van der Waals surface area contributed by atoms with Crippen LogP contribution in [-0.4, -0.2) is 42.7 Å². The van der Waals surface area contributed by atoms with Gasteiger partial charge in [0, 0.05) is 24.6 Å². The van der Waals surface area contributed by atoms with Gasteiger partial charge in [-0.3, -0.25) is 15.0 Å². The van der Waals surface area contributed by atoms with Crippen molar-refractivity contribution in [1.82, 2.24) is 4.90 Å². The first-order valence-corrected chi connectivity index (χ1v) is 14.1. The first kappa shape index (κ1) is 31.2. The second kappa shape index (κ2) is 11.9. The molecule has 0 unspecified atom stereocenters. The van der Waals surface area contributed by atoms with Crippen molar-refractivity contribution >= 4 is 33.3 Å². The Morgan fingerprint density at radius 2 is 1.75 bits per heavy atom. The molecule has 12 nitrogen and oxygen atoms in total. The third-order valence-electron chi connectivity index (χ3n) is 6.39. The van der Waals surface area contributed by atoms with Crippen LogP contribution in [0.4, 0.5) is 34.1 Å². The van der Waals surface area contributed by atoms with Crippen LogP contribution in [0.5, 0.6) is 5.75 Å². The van der Waals surface area contributed by atoms with E-state index in [1.165, 1.54) is 12.1 Å². The molecule has 1 atom stereocenters. The number of imide groups is 1. The summed E-state index contributed by atoms with van der Waals surface area (Å²) in [6, 6.07) is 12.2. The van der Waals surface area contributed by atoms with Crippen molar-refractivity contribution in [2.75, 3.05) is 11.2 Å². The lowest BCUT2D eigenvalue weighted by Crippen LogP contribution is -2.55. The fourth-order valence-electron chi connectivity index (χ4n) is 4.33. The number of ether oxygens (including phenoxy) is 1. The van der Waals surface area contributed by atoms with Crippen molar-refractivity contribution < 1.29 is 40.8 Å². The Hall–Kier alpha value is -5.74. The molecule has 0 fully saturated rings. The van der Waals surface area contributed by atoms with E-state index in [0.29, 0.717) is 15.9 Å². The molecule has 0 aromatic heterocycles. The maximum Gasteiger partial charge on any atom is 0.424 e. The van der Waals surface area contributed by atoms with Crippen LogP contribution in [0.3, 0.4) is 0 Å². The standard InChI is InChI=1S/C28H18F3N5O7S/c1-44(41,42)25-11-17(14-32)5-6-18(25)12-24-19(15-33)16-34(22-4-2-3-20(13-22)28(29,30)31)26(37)35(24)27(38)43-23-9-7-21(8-10-23)36(39)40/h2-11,13,16,24H,12H2,1H3/t24-/m0/s1. The summed E-state index contributed by atoms with van der Waals surface area (Å²) in [5.41, 5.74) is -2.12. The quantitative estimate of drug-likeness (QED) is 0.258. The number of non-ortho nitro benzene ring substituents is 1. The number of hydrogen-bond donors (Lipinski definition) is 0. The molecule has 1 heterocycles. The average Bonchev–Trinajstić information content (AvgIpc) is 2.97. The predicted octanol–water partition coefficient (Wildman–Crippen LogP) is 5.35. The molecule has 0 spiro atoms. The molecule has 224 valence electrons. The third kappa shape index (κ3) is 6.50. The zero-order chi connectivity index (χ0) is 32.4. The molecule has 3 aromatic rings. The van der Waals surface area contributed by atoms with Crippen LogP contribution >= 0.6 is 0 Å². The number of rotatable bonds is 6. The summed E-state index contributed by atoms with van der Waals surface area (Å²) in [5, 5.41) is 30.2. The average molecular weight is 626 g/mol. The van der Waals surface area contributed by atoms with Crippen molar-refractivity contribution in [3.05, 3.63) is 105 Å². The number of halogens is 3. The molecule has 44 heavy (non-hydrogen) atoms. The number of benzene rings is 3. The highest BCUT2D eigenvalue weighted by Gasteiger charge is 2.42. The Morgan fingerprint density at radius 3 is 2.32 bits per heavy atom. The highest BCUT2D eigenvalue weighted by molar-refractivity contribution is 7.90. The van der Waals surface area contributed by atoms with E-state index in [1.54, 1.807) is 6.07 Å². The number of carbonyl (C=O) groups is 2. The molecule has 3 amide bonds. The fourth-order valence-corrected chi connectivity index (χ4v) is 5.30. The van der Waals surface area contributed by atoms with E-state index >= 15 is 0 Å². The van der Waals surface area contributed by atoms with Crippen molar-refractivity contribution in [3.63, 3.8) is 0 Å². The van der Waals surface area contributed by atoms with E-state index in [0.717, 1.165) is 61.0 Å². The Bertz CT molecular complexity index is 1900. The summed E-state index contributed by atoms with van der Waals surface area (Å²) in [6.07, 6.45) is -4.87. The molecule has 4 rings (SSSR count). The summed E-state index contributed by atoms with van der Waals surface area (Å²) in [6.45, 7) is 0. The summed E-state index contributed by atoms with van der Waals surface area (Å²) in [4.78, 5) is 38.3. The van der Waals surface area contributed by atoms with Crippen molar-refractivity contribution in [1.29, 1.82) is 10.5 Å². The number of amides is 3. The van der Waals surface area contributed by atoms with E-state index < -0.39 is 51.1 Å². The molecule has 0 N–H and O–H groups in total. The Labute approximate surface area is 247 Å². The summed E-state index contributed by atoms with van der Waals surface area (Å²) >= 11 is 0. The summed E-state index contributed by atoms with van der Waals surface area (Å²) in [7, 11) is -3.97. The highest BCUT2D eigenvalue weighted by Crippen LogP contribution is 2.35. The van der Waals surface area contributed by atoms with Crippen LogP contribution in [0.1, 0.15) is 16.7 Å². The van der Waals surface area contributed by atoms with E-state index in [2.05, 4.69) is 0 Å². The minimum absolute atomic E-state index is 0.00453. The van der Waals surface area contributed by atoms with Crippen molar-refractivity contribution in [2.24, 2.45) is 0 Å². The molecule has 1 aliphatic heterocycles. The first-order valence-electron chi connectivity index (χ1n) is 12.2. The number of hydrogen-bond acceptors (Lipinski definition) is 9. The van der Waals surface area contributed by atoms with Gasteiger partial charge >= 0.3 is 18.3 Å². The van der Waals surface area contributed by atoms with Crippen molar-refractivity contribution in [2.45, 2.75) is 23.5 Å². The maximum absolute atomic E-state index is 13.8. The minimum atomic E-state index is -4.79. The topological polar surface area (TPSA) is 175 Å². The van der Waals surface area contributed by atoms with Gasteiger partial charge in [-0.15, -0.1) is 0 Å². The van der Waals surface area contributed by atoms with E-state index in [1.807, 2.05) is 6.07 Å². The Morgan fingerprint density at radius 1 is 1.07 bits per heavy atom. The lowest BCUT2D eigenvalue weighted by atomic mass is 9.96. The Kier molecular flexibility index (Phi) is 8.41. The molecule has 16 heteroatoms. The van der Waals surface area contributed by atoms with Crippen LogP contribution in [0.15, 0.2) is 83.4 Å². The first-order chi connectivity index (χ1) is 20.6. The number of nitriles is 2. The normalized spacial score (nSPS) is 15.2. The van der Waals surface area contributed by atoms with Gasteiger partial charge < -0.3 is 4.74 Å². The number of nitro groups is 1. The second-order valence-electron chi connectivity index (χ2n) is 9.31. The number of urea groups is 1. The maximum atomic E-state index is 13.8. The molecular weight excluding hydrogens is 607 g/mol. The number of anilines is 1. The van der Waals surface area contributed by atoms with E-state index in [4.69, 9.17) is 4.74 Å². The zero-order valence-electron chi connectivity index (χ0n) is 22.3. The molecule has 0 radical (unpaired) electrons. The molecule has 1 aliphatic rings. The number of alkyl halides is 3. The monoisotopic (exact) mass is 625 g/mol. The summed E-state index contributed by atoms with van der Waals surface area (Å²) in [5.74, 6) is -0.249. The zero-order valence-corrected chi connectivity index (χ0v) is 23.2. The highest BCUT2D eigenvalue weighted by atomic mass is 32.2. The molecule has 0 saturated heterocycles. The van der Waals surface area contributed by atoms with Crippen LogP contribution < -0.4 is 9.64 Å².